The van der Waals surface area contributed by atoms with Gasteiger partial charge in [0.15, 0.2) is 0 Å². The molecule has 0 aliphatic heterocycles. The number of fused-ring (bicyclic) bond motifs is 3. The van der Waals surface area contributed by atoms with E-state index < -0.39 is 5.91 Å². The third-order valence-corrected chi connectivity index (χ3v) is 6.10. The minimum atomic E-state index is -0.498. The Morgan fingerprint density at radius 3 is 2.43 bits per heavy atom. The molecule has 0 radical (unpaired) electrons. The maximum Gasteiger partial charge on any atom is 0.250 e. The number of benzene rings is 4. The first-order valence-electron chi connectivity index (χ1n) is 11.1. The van der Waals surface area contributed by atoms with Crippen LogP contribution in [0.4, 0.5) is 11.4 Å². The Bertz CT molecular complexity index is 1740. The summed E-state index contributed by atoms with van der Waals surface area (Å²) in [6.07, 6.45) is 0. The van der Waals surface area contributed by atoms with Gasteiger partial charge in [0.25, 0.3) is 5.91 Å². The molecular weight excluding hydrogens is 438 g/mol. The molecule has 0 bridgehead atoms. The van der Waals surface area contributed by atoms with Crippen LogP contribution in [0.15, 0.2) is 84.9 Å². The van der Waals surface area contributed by atoms with Crippen molar-refractivity contribution in [1.82, 2.24) is 15.0 Å². The summed E-state index contributed by atoms with van der Waals surface area (Å²) in [5, 5.41) is 5.58. The molecule has 2 heterocycles. The highest BCUT2D eigenvalue weighted by Crippen LogP contribution is 2.37. The number of hydrogen-bond donors (Lipinski definition) is 3. The maximum atomic E-state index is 11.8. The van der Waals surface area contributed by atoms with Crippen LogP contribution in [0.1, 0.15) is 10.4 Å². The van der Waals surface area contributed by atoms with Crippen molar-refractivity contribution >= 4 is 50.1 Å². The number of methoxy groups -OCH3 is 1. The van der Waals surface area contributed by atoms with Crippen LogP contribution in [0, 0.1) is 0 Å². The maximum absolute atomic E-state index is 11.8. The number of aromatic nitrogens is 3. The Kier molecular flexibility index (Phi) is 4.81. The van der Waals surface area contributed by atoms with Gasteiger partial charge < -0.3 is 20.8 Å². The molecule has 0 spiro atoms. The van der Waals surface area contributed by atoms with Crippen molar-refractivity contribution in [2.75, 3.05) is 12.4 Å². The lowest BCUT2D eigenvalue weighted by molar-refractivity contribution is 0.100. The van der Waals surface area contributed by atoms with E-state index in [1.165, 1.54) is 0 Å². The fraction of sp³-hybridized carbons (Fsp3) is 0.0357. The Labute approximate surface area is 200 Å². The molecule has 4 N–H and O–H groups in total. The first-order chi connectivity index (χ1) is 17.1. The summed E-state index contributed by atoms with van der Waals surface area (Å²) in [5.74, 6) is 0.901. The smallest absolute Gasteiger partial charge is 0.250 e. The highest BCUT2D eigenvalue weighted by atomic mass is 16.5. The standard InChI is InChI=1S/C28H21N5O2/c1-35-23-11-5-7-19-24(18-6-2-3-9-21(18)31-26(19)23)30-17-14-12-16(13-15-17)28-32-22-10-4-8-20(27(29)34)25(22)33-28/h2-15H,1H3,(H2,29,34)(H,30,31)(H,32,33). The zero-order valence-corrected chi connectivity index (χ0v) is 18.9. The Morgan fingerprint density at radius 1 is 0.857 bits per heavy atom. The third kappa shape index (κ3) is 3.50. The number of ether oxygens (including phenoxy) is 1. The number of aromatic amines is 1. The predicted octanol–water partition coefficient (Wildman–Crippen LogP) is 5.78. The number of carbonyl (C=O) groups is 1. The van der Waals surface area contributed by atoms with Crippen LogP contribution in [0.25, 0.3) is 44.2 Å². The van der Waals surface area contributed by atoms with E-state index >= 15 is 0 Å². The number of nitrogens with zero attached hydrogens (tertiary/aromatic N) is 2. The molecule has 35 heavy (non-hydrogen) atoms. The van der Waals surface area contributed by atoms with Crippen LogP contribution in [0.5, 0.6) is 5.75 Å². The second-order valence-electron chi connectivity index (χ2n) is 8.21. The number of primary amides is 1. The van der Waals surface area contributed by atoms with E-state index in [4.69, 9.17) is 15.5 Å². The van der Waals surface area contributed by atoms with E-state index in [-0.39, 0.29) is 0 Å². The Balaban J connectivity index is 1.41. The van der Waals surface area contributed by atoms with E-state index in [1.54, 1.807) is 19.2 Å². The average Bonchev–Trinajstić information content (AvgIpc) is 3.33. The zero-order valence-electron chi connectivity index (χ0n) is 18.9. The van der Waals surface area contributed by atoms with Crippen LogP contribution < -0.4 is 15.8 Å². The minimum absolute atomic E-state index is 0.398. The van der Waals surface area contributed by atoms with Crippen LogP contribution >= 0.6 is 0 Å². The summed E-state index contributed by atoms with van der Waals surface area (Å²) < 4.78 is 5.56. The molecule has 6 rings (SSSR count). The molecule has 0 unspecified atom stereocenters. The topological polar surface area (TPSA) is 106 Å². The van der Waals surface area contributed by atoms with Gasteiger partial charge >= 0.3 is 0 Å². The molecular formula is C28H21N5O2. The SMILES string of the molecule is COc1cccc2c(Nc3ccc(-c4nc5c(C(N)=O)cccc5[nH]4)cc3)c3ccccc3nc12. The second kappa shape index (κ2) is 8.14. The number of nitrogens with two attached hydrogens (primary N) is 1. The molecule has 1 amide bonds. The number of rotatable bonds is 5. The van der Waals surface area contributed by atoms with Gasteiger partial charge in [-0.05, 0) is 48.5 Å². The molecule has 7 nitrogen and oxygen atoms in total. The van der Waals surface area contributed by atoms with Crippen molar-refractivity contribution in [3.05, 3.63) is 90.5 Å². The predicted molar refractivity (Wildman–Crippen MR) is 139 cm³/mol. The van der Waals surface area contributed by atoms with Gasteiger partial charge in [0, 0.05) is 22.0 Å². The van der Waals surface area contributed by atoms with Gasteiger partial charge in [-0.3, -0.25) is 4.79 Å². The fourth-order valence-corrected chi connectivity index (χ4v) is 4.41. The number of amides is 1. The number of imidazole rings is 1. The van der Waals surface area contributed by atoms with E-state index in [0.717, 1.165) is 50.0 Å². The lowest BCUT2D eigenvalue weighted by Gasteiger charge is -2.15. The van der Waals surface area contributed by atoms with E-state index in [0.29, 0.717) is 16.9 Å². The summed E-state index contributed by atoms with van der Waals surface area (Å²) in [4.78, 5) is 24.5. The summed E-state index contributed by atoms with van der Waals surface area (Å²) in [6, 6.07) is 27.3. The highest BCUT2D eigenvalue weighted by molar-refractivity contribution is 6.10. The number of pyridine rings is 1. The first-order valence-corrected chi connectivity index (χ1v) is 11.1. The van der Waals surface area contributed by atoms with Crippen molar-refractivity contribution in [2.45, 2.75) is 0 Å². The van der Waals surface area contributed by atoms with Gasteiger partial charge in [-0.1, -0.05) is 36.4 Å². The fourth-order valence-electron chi connectivity index (χ4n) is 4.41. The lowest BCUT2D eigenvalue weighted by Crippen LogP contribution is -2.11. The Morgan fingerprint density at radius 2 is 1.63 bits per heavy atom. The molecule has 4 aromatic carbocycles. The monoisotopic (exact) mass is 459 g/mol. The molecule has 0 aliphatic carbocycles. The number of hydrogen-bond acceptors (Lipinski definition) is 5. The molecule has 0 saturated carbocycles. The molecule has 7 heteroatoms. The van der Waals surface area contributed by atoms with Crippen molar-refractivity contribution in [3.8, 4) is 17.1 Å². The number of anilines is 2. The summed E-state index contributed by atoms with van der Waals surface area (Å²) in [5.41, 5.74) is 11.7. The molecule has 170 valence electrons. The molecule has 2 aromatic heterocycles. The van der Waals surface area contributed by atoms with Crippen molar-refractivity contribution in [2.24, 2.45) is 5.73 Å². The minimum Gasteiger partial charge on any atom is -0.494 e. The zero-order chi connectivity index (χ0) is 23.9. The third-order valence-electron chi connectivity index (χ3n) is 6.10. The molecule has 0 aliphatic rings. The number of carbonyl (C=O) groups excluding carboxylic acids is 1. The van der Waals surface area contributed by atoms with Crippen molar-refractivity contribution < 1.29 is 9.53 Å². The van der Waals surface area contributed by atoms with Gasteiger partial charge in [0.2, 0.25) is 0 Å². The Hall–Kier alpha value is -4.91. The highest BCUT2D eigenvalue weighted by Gasteiger charge is 2.14. The van der Waals surface area contributed by atoms with Gasteiger partial charge in [0.1, 0.15) is 22.6 Å². The summed E-state index contributed by atoms with van der Waals surface area (Å²) >= 11 is 0. The molecule has 6 aromatic rings. The summed E-state index contributed by atoms with van der Waals surface area (Å²) in [6.45, 7) is 0. The quantitative estimate of drug-likeness (QED) is 0.283. The van der Waals surface area contributed by atoms with Crippen molar-refractivity contribution in [3.63, 3.8) is 0 Å². The van der Waals surface area contributed by atoms with Crippen LogP contribution in [-0.4, -0.2) is 28.0 Å². The van der Waals surface area contributed by atoms with E-state index in [9.17, 15) is 4.79 Å². The van der Waals surface area contributed by atoms with Crippen molar-refractivity contribution in [1.29, 1.82) is 0 Å². The number of H-pyrrole nitrogens is 1. The number of para-hydroxylation sites is 3. The van der Waals surface area contributed by atoms with E-state index in [2.05, 4.69) is 21.4 Å². The van der Waals surface area contributed by atoms with Gasteiger partial charge in [-0.15, -0.1) is 0 Å². The average molecular weight is 460 g/mol. The molecule has 0 atom stereocenters. The number of nitrogens with one attached hydrogen (secondary N) is 2. The summed E-state index contributed by atoms with van der Waals surface area (Å²) in [7, 11) is 1.65. The first kappa shape index (κ1) is 20.7. The van der Waals surface area contributed by atoms with Crippen LogP contribution in [0.2, 0.25) is 0 Å². The second-order valence-corrected chi connectivity index (χ2v) is 8.21. The molecule has 0 saturated heterocycles. The normalized spacial score (nSPS) is 11.2. The van der Waals surface area contributed by atoms with Gasteiger partial charge in [-0.2, -0.15) is 0 Å². The molecule has 0 fully saturated rings. The van der Waals surface area contributed by atoms with Crippen LogP contribution in [-0.2, 0) is 0 Å². The van der Waals surface area contributed by atoms with E-state index in [1.807, 2.05) is 66.7 Å². The lowest BCUT2D eigenvalue weighted by atomic mass is 10.1. The van der Waals surface area contributed by atoms with Crippen LogP contribution in [0.3, 0.4) is 0 Å². The van der Waals surface area contributed by atoms with Gasteiger partial charge in [-0.25, -0.2) is 9.97 Å². The van der Waals surface area contributed by atoms with Gasteiger partial charge in [0.05, 0.1) is 29.4 Å². The largest absolute Gasteiger partial charge is 0.494 e.